The molecule has 0 radical (unpaired) electrons. The molecule has 25 heavy (non-hydrogen) atoms. The zero-order valence-electron chi connectivity index (χ0n) is 14.5. The molecule has 2 saturated heterocycles. The van der Waals surface area contributed by atoms with Crippen molar-refractivity contribution in [2.45, 2.75) is 25.7 Å². The van der Waals surface area contributed by atoms with Gasteiger partial charge < -0.3 is 20.0 Å². The third-order valence-electron chi connectivity index (χ3n) is 5.47. The second-order valence-electron chi connectivity index (χ2n) is 7.33. The molecule has 2 heterocycles. The minimum atomic E-state index is 0.0287. The molecule has 2 fully saturated rings. The molecule has 1 aromatic rings. The Balaban J connectivity index is 1.58. The first-order chi connectivity index (χ1) is 12.1. The molecule has 138 valence electrons. The van der Waals surface area contributed by atoms with E-state index in [0.717, 1.165) is 25.2 Å². The molecule has 6 heteroatoms. The third kappa shape index (κ3) is 4.66. The van der Waals surface area contributed by atoms with Gasteiger partial charge in [0, 0.05) is 32.2 Å². The molecule has 0 aromatic heterocycles. The number of hydrogen-bond donors (Lipinski definition) is 2. The summed E-state index contributed by atoms with van der Waals surface area (Å²) in [6.45, 7) is 4.71. The molecule has 0 bridgehead atoms. The quantitative estimate of drug-likeness (QED) is 0.838. The lowest BCUT2D eigenvalue weighted by Gasteiger charge is -2.30. The molecule has 0 spiro atoms. The maximum absolute atomic E-state index is 12.6. The first-order valence-electron chi connectivity index (χ1n) is 9.15. The highest BCUT2D eigenvalue weighted by Gasteiger charge is 2.35. The van der Waals surface area contributed by atoms with Crippen LogP contribution in [-0.4, -0.2) is 65.3 Å². The largest absolute Gasteiger partial charge is 0.506 e. The highest BCUT2D eigenvalue weighted by molar-refractivity contribution is 6.32. The number of amides is 1. The molecule has 5 nitrogen and oxygen atoms in total. The van der Waals surface area contributed by atoms with Crippen LogP contribution in [-0.2, 0) is 11.2 Å². The highest BCUT2D eigenvalue weighted by Crippen LogP contribution is 2.27. The van der Waals surface area contributed by atoms with Crippen LogP contribution in [0.5, 0.6) is 5.75 Å². The van der Waals surface area contributed by atoms with Crippen molar-refractivity contribution in [2.75, 3.05) is 39.3 Å². The van der Waals surface area contributed by atoms with Crippen LogP contribution in [0.1, 0.15) is 24.8 Å². The van der Waals surface area contributed by atoms with Crippen molar-refractivity contribution in [1.29, 1.82) is 0 Å². The molecule has 0 saturated carbocycles. The van der Waals surface area contributed by atoms with Crippen LogP contribution in [0.25, 0.3) is 0 Å². The van der Waals surface area contributed by atoms with Gasteiger partial charge in [-0.15, -0.1) is 0 Å². The average Bonchev–Trinajstić information content (AvgIpc) is 3.02. The molecule has 1 amide bonds. The Hall–Kier alpha value is -1.30. The molecule has 2 atom stereocenters. The molecule has 0 unspecified atom stereocenters. The van der Waals surface area contributed by atoms with Gasteiger partial charge >= 0.3 is 0 Å². The Kier molecular flexibility index (Phi) is 6.20. The van der Waals surface area contributed by atoms with Crippen molar-refractivity contribution in [1.82, 2.24) is 9.80 Å². The number of benzene rings is 1. The van der Waals surface area contributed by atoms with E-state index in [-0.39, 0.29) is 35.6 Å². The van der Waals surface area contributed by atoms with E-state index < -0.39 is 0 Å². The van der Waals surface area contributed by atoms with E-state index in [9.17, 15) is 15.0 Å². The lowest BCUT2D eigenvalue weighted by molar-refractivity contribution is -0.129. The van der Waals surface area contributed by atoms with E-state index >= 15 is 0 Å². The third-order valence-corrected chi connectivity index (χ3v) is 5.78. The van der Waals surface area contributed by atoms with Crippen LogP contribution in [0.15, 0.2) is 18.2 Å². The average molecular weight is 367 g/mol. The van der Waals surface area contributed by atoms with Gasteiger partial charge in [-0.25, -0.2) is 0 Å². The Morgan fingerprint density at radius 2 is 1.88 bits per heavy atom. The molecule has 0 aliphatic carbocycles. The summed E-state index contributed by atoms with van der Waals surface area (Å²) in [4.78, 5) is 17.0. The Bertz CT molecular complexity index is 604. The first-order valence-corrected chi connectivity index (χ1v) is 9.53. The van der Waals surface area contributed by atoms with E-state index in [2.05, 4.69) is 4.90 Å². The number of halogens is 1. The number of nitrogens with zero attached hydrogens (tertiary/aromatic N) is 2. The number of rotatable bonds is 5. The van der Waals surface area contributed by atoms with Crippen LogP contribution in [0.4, 0.5) is 0 Å². The summed E-state index contributed by atoms with van der Waals surface area (Å²) in [6.07, 6.45) is 4.08. The number of aliphatic hydroxyl groups excluding tert-OH is 1. The Labute approximate surface area is 154 Å². The standard InChI is InChI=1S/C19H27ClN2O3/c20-17-8-14(4-5-18(17)24)9-19(25)22-11-15(16(12-22)13-23)10-21-6-2-1-3-7-21/h4-5,8,15-16,23-24H,1-3,6-7,9-13H2/t15-,16-/m0/s1. The number of piperidine rings is 1. The summed E-state index contributed by atoms with van der Waals surface area (Å²) < 4.78 is 0. The number of phenols is 1. The van der Waals surface area contributed by atoms with Gasteiger partial charge in [-0.2, -0.15) is 0 Å². The topological polar surface area (TPSA) is 64.0 Å². The number of phenolic OH excluding ortho intramolecular Hbond substituents is 1. The van der Waals surface area contributed by atoms with Crippen molar-refractivity contribution >= 4 is 17.5 Å². The summed E-state index contributed by atoms with van der Waals surface area (Å²) in [5, 5.41) is 19.5. The fourth-order valence-corrected chi connectivity index (χ4v) is 4.18. The minimum absolute atomic E-state index is 0.0287. The van der Waals surface area contributed by atoms with Crippen molar-refractivity contribution in [3.05, 3.63) is 28.8 Å². The summed E-state index contributed by atoms with van der Waals surface area (Å²) >= 11 is 5.92. The molecule has 3 rings (SSSR count). The maximum atomic E-state index is 12.6. The monoisotopic (exact) mass is 366 g/mol. The Morgan fingerprint density at radius 3 is 2.56 bits per heavy atom. The van der Waals surface area contributed by atoms with Crippen LogP contribution in [0, 0.1) is 11.8 Å². The Morgan fingerprint density at radius 1 is 1.16 bits per heavy atom. The summed E-state index contributed by atoms with van der Waals surface area (Å²) in [5.74, 6) is 0.590. The molecule has 2 N–H and O–H groups in total. The summed E-state index contributed by atoms with van der Waals surface area (Å²) in [6, 6.07) is 4.88. The van der Waals surface area contributed by atoms with E-state index in [0.29, 0.717) is 19.0 Å². The molecule has 2 aliphatic rings. The second-order valence-corrected chi connectivity index (χ2v) is 7.73. The van der Waals surface area contributed by atoms with Gasteiger partial charge in [0.2, 0.25) is 5.91 Å². The number of hydrogen-bond acceptors (Lipinski definition) is 4. The predicted molar refractivity (Wildman–Crippen MR) is 97.8 cm³/mol. The van der Waals surface area contributed by atoms with Crippen molar-refractivity contribution in [3.8, 4) is 5.75 Å². The minimum Gasteiger partial charge on any atom is -0.506 e. The van der Waals surface area contributed by atoms with Gasteiger partial charge in [-0.3, -0.25) is 4.79 Å². The van der Waals surface area contributed by atoms with Crippen LogP contribution >= 0.6 is 11.6 Å². The fraction of sp³-hybridized carbons (Fsp3) is 0.632. The van der Waals surface area contributed by atoms with Crippen LogP contribution in [0.2, 0.25) is 5.02 Å². The van der Waals surface area contributed by atoms with Gasteiger partial charge in [0.1, 0.15) is 5.75 Å². The normalized spacial score (nSPS) is 24.6. The zero-order chi connectivity index (χ0) is 17.8. The number of likely N-dealkylation sites (tertiary alicyclic amines) is 2. The number of aliphatic hydroxyl groups is 1. The number of carbonyl (C=O) groups is 1. The summed E-state index contributed by atoms with van der Waals surface area (Å²) in [7, 11) is 0. The zero-order valence-corrected chi connectivity index (χ0v) is 15.3. The van der Waals surface area contributed by atoms with Gasteiger partial charge in [-0.05, 0) is 49.5 Å². The van der Waals surface area contributed by atoms with E-state index in [4.69, 9.17) is 11.6 Å². The lowest BCUT2D eigenvalue weighted by Crippen LogP contribution is -2.37. The molecule has 1 aromatic carbocycles. The van der Waals surface area contributed by atoms with Crippen LogP contribution < -0.4 is 0 Å². The van der Waals surface area contributed by atoms with Crippen molar-refractivity contribution in [3.63, 3.8) is 0 Å². The number of carbonyl (C=O) groups excluding carboxylic acids is 1. The van der Waals surface area contributed by atoms with Gasteiger partial charge in [0.15, 0.2) is 0 Å². The first kappa shape index (κ1) is 18.5. The van der Waals surface area contributed by atoms with Crippen LogP contribution in [0.3, 0.4) is 0 Å². The van der Waals surface area contributed by atoms with Gasteiger partial charge in [-0.1, -0.05) is 24.1 Å². The number of aromatic hydroxyl groups is 1. The second kappa shape index (κ2) is 8.39. The van der Waals surface area contributed by atoms with Crippen molar-refractivity contribution < 1.29 is 15.0 Å². The maximum Gasteiger partial charge on any atom is 0.227 e. The predicted octanol–water partition coefficient (Wildman–Crippen LogP) is 2.14. The highest BCUT2D eigenvalue weighted by atomic mass is 35.5. The van der Waals surface area contributed by atoms with E-state index in [1.165, 1.54) is 25.3 Å². The van der Waals surface area contributed by atoms with Gasteiger partial charge in [0.25, 0.3) is 0 Å². The fourth-order valence-electron chi connectivity index (χ4n) is 3.98. The van der Waals surface area contributed by atoms with E-state index in [1.807, 2.05) is 4.90 Å². The lowest BCUT2D eigenvalue weighted by atomic mass is 9.95. The molecule has 2 aliphatic heterocycles. The van der Waals surface area contributed by atoms with Crippen molar-refractivity contribution in [2.24, 2.45) is 11.8 Å². The van der Waals surface area contributed by atoms with Gasteiger partial charge in [0.05, 0.1) is 11.4 Å². The SMILES string of the molecule is O=C(Cc1ccc(O)c(Cl)c1)N1C[C@@H](CO)[C@@H](CN2CCCCC2)C1. The summed E-state index contributed by atoms with van der Waals surface area (Å²) in [5.41, 5.74) is 0.799. The smallest absolute Gasteiger partial charge is 0.227 e. The van der Waals surface area contributed by atoms with E-state index in [1.54, 1.807) is 12.1 Å². The molecular weight excluding hydrogens is 340 g/mol. The molecular formula is C19H27ClN2O3.